The third-order valence-electron chi connectivity index (χ3n) is 1.88. The first-order valence-corrected chi connectivity index (χ1v) is 4.31. The van der Waals surface area contributed by atoms with Crippen molar-refractivity contribution >= 4 is 23.4 Å². The maximum atomic E-state index is 10.1. The van der Waals surface area contributed by atoms with Gasteiger partial charge >= 0.3 is 0 Å². The number of carbonyl (C=O) groups is 1. The van der Waals surface area contributed by atoms with Crippen LogP contribution in [0.25, 0.3) is 17.1 Å². The molecule has 0 aliphatic carbocycles. The van der Waals surface area contributed by atoms with Gasteiger partial charge in [-0.1, -0.05) is 18.2 Å². The first-order chi connectivity index (χ1) is 6.90. The van der Waals surface area contributed by atoms with Crippen LogP contribution in [0.2, 0.25) is 0 Å². The van der Waals surface area contributed by atoms with Crippen LogP contribution in [0.3, 0.4) is 0 Å². The molecular weight excluding hydrogens is 178 g/mol. The molecule has 0 unspecified atom stereocenters. The molecule has 0 atom stereocenters. The number of carbonyl (C=O) groups excluding carboxylic acids is 1. The molecule has 2 aromatic rings. The minimum atomic E-state index is 0.441. The third kappa shape index (κ3) is 1.69. The van der Waals surface area contributed by atoms with Gasteiger partial charge in [0.15, 0.2) is 0 Å². The van der Waals surface area contributed by atoms with Gasteiger partial charge in [-0.15, -0.1) is 0 Å². The molecule has 4 heteroatoms. The highest BCUT2D eigenvalue weighted by Crippen LogP contribution is 2.11. The molecular formula is C10H9N3O. The van der Waals surface area contributed by atoms with Crippen molar-refractivity contribution in [1.82, 2.24) is 15.4 Å². The van der Waals surface area contributed by atoms with Gasteiger partial charge in [0.25, 0.3) is 0 Å². The predicted molar refractivity (Wildman–Crippen MR) is 53.6 cm³/mol. The molecule has 0 spiro atoms. The molecule has 2 rings (SSSR count). The van der Waals surface area contributed by atoms with E-state index in [1.165, 1.54) is 0 Å². The number of aromatic nitrogens is 3. The van der Waals surface area contributed by atoms with Crippen LogP contribution in [0, 0.1) is 0 Å². The minimum Gasteiger partial charge on any atom is -0.303 e. The van der Waals surface area contributed by atoms with Crippen molar-refractivity contribution < 1.29 is 4.79 Å². The Bertz CT molecular complexity index is 473. The Kier molecular flexibility index (Phi) is 2.36. The maximum absolute atomic E-state index is 10.1. The van der Waals surface area contributed by atoms with Crippen molar-refractivity contribution in [3.63, 3.8) is 0 Å². The first kappa shape index (κ1) is 8.62. The van der Waals surface area contributed by atoms with Crippen molar-refractivity contribution in [2.45, 2.75) is 6.42 Å². The van der Waals surface area contributed by atoms with Gasteiger partial charge in [-0.3, -0.25) is 0 Å². The Morgan fingerprint density at radius 1 is 1.29 bits per heavy atom. The number of aldehydes is 1. The average Bonchev–Trinajstić information content (AvgIpc) is 2.65. The maximum Gasteiger partial charge on any atom is 0.123 e. The molecule has 1 heterocycles. The largest absolute Gasteiger partial charge is 0.303 e. The number of fused-ring (bicyclic) bond motifs is 1. The lowest BCUT2D eigenvalue weighted by molar-refractivity contribution is -0.107. The molecule has 1 N–H and O–H groups in total. The lowest BCUT2D eigenvalue weighted by atomic mass is 10.2. The van der Waals surface area contributed by atoms with Crippen molar-refractivity contribution in [1.29, 1.82) is 0 Å². The van der Waals surface area contributed by atoms with Gasteiger partial charge < -0.3 is 4.79 Å². The fraction of sp³-hybridized carbons (Fsp3) is 0.100. The first-order valence-electron chi connectivity index (χ1n) is 4.31. The van der Waals surface area contributed by atoms with Gasteiger partial charge in [0.1, 0.15) is 17.3 Å². The van der Waals surface area contributed by atoms with E-state index in [1.807, 2.05) is 30.4 Å². The minimum absolute atomic E-state index is 0.441. The van der Waals surface area contributed by atoms with E-state index in [2.05, 4.69) is 15.4 Å². The van der Waals surface area contributed by atoms with Crippen LogP contribution in [0.15, 0.2) is 24.3 Å². The molecule has 0 aliphatic rings. The monoisotopic (exact) mass is 187 g/mol. The number of aromatic amines is 1. The molecule has 0 radical (unpaired) electrons. The van der Waals surface area contributed by atoms with Crippen molar-refractivity contribution in [3.05, 3.63) is 29.8 Å². The standard InChI is InChI=1S/C10H9N3O/c14-6-2-1-3-8-4-5-9-10(7-8)12-13-11-9/h1,3-7H,2H2,(H,11,12,13). The number of benzene rings is 1. The van der Waals surface area contributed by atoms with Crippen LogP contribution in [0.1, 0.15) is 12.0 Å². The number of hydrogen-bond acceptors (Lipinski definition) is 3. The van der Waals surface area contributed by atoms with Crippen LogP contribution in [-0.4, -0.2) is 21.7 Å². The zero-order valence-electron chi connectivity index (χ0n) is 7.47. The molecule has 0 aliphatic heterocycles. The van der Waals surface area contributed by atoms with E-state index in [4.69, 9.17) is 0 Å². The average molecular weight is 187 g/mol. The fourth-order valence-electron chi connectivity index (χ4n) is 1.22. The van der Waals surface area contributed by atoms with Crippen LogP contribution >= 0.6 is 0 Å². The summed E-state index contributed by atoms with van der Waals surface area (Å²) in [4.78, 5) is 10.1. The Hall–Kier alpha value is -1.97. The number of nitrogens with one attached hydrogen (secondary N) is 1. The Morgan fingerprint density at radius 3 is 3.00 bits per heavy atom. The smallest absolute Gasteiger partial charge is 0.123 e. The van der Waals surface area contributed by atoms with Crippen LogP contribution in [-0.2, 0) is 4.79 Å². The summed E-state index contributed by atoms with van der Waals surface area (Å²) >= 11 is 0. The van der Waals surface area contributed by atoms with E-state index in [0.29, 0.717) is 6.42 Å². The van der Waals surface area contributed by atoms with Gasteiger partial charge in [0.2, 0.25) is 0 Å². The number of hydrogen-bond donors (Lipinski definition) is 1. The van der Waals surface area contributed by atoms with Crippen molar-refractivity contribution in [2.24, 2.45) is 0 Å². The van der Waals surface area contributed by atoms with Gasteiger partial charge in [0, 0.05) is 6.42 Å². The second-order valence-electron chi connectivity index (χ2n) is 2.88. The molecule has 1 aromatic heterocycles. The van der Waals surface area contributed by atoms with E-state index < -0.39 is 0 Å². The molecule has 70 valence electrons. The highest BCUT2D eigenvalue weighted by molar-refractivity contribution is 5.76. The topological polar surface area (TPSA) is 58.6 Å². The zero-order chi connectivity index (χ0) is 9.80. The summed E-state index contributed by atoms with van der Waals surface area (Å²) in [5.41, 5.74) is 2.70. The Balaban J connectivity index is 2.29. The summed E-state index contributed by atoms with van der Waals surface area (Å²) in [5.74, 6) is 0. The zero-order valence-corrected chi connectivity index (χ0v) is 7.47. The van der Waals surface area contributed by atoms with E-state index in [0.717, 1.165) is 22.9 Å². The third-order valence-corrected chi connectivity index (χ3v) is 1.88. The fourth-order valence-corrected chi connectivity index (χ4v) is 1.22. The van der Waals surface area contributed by atoms with Gasteiger partial charge in [-0.05, 0) is 17.7 Å². The van der Waals surface area contributed by atoms with E-state index in [1.54, 1.807) is 0 Å². The molecule has 0 amide bonds. The summed E-state index contributed by atoms with van der Waals surface area (Å²) in [7, 11) is 0. The SMILES string of the molecule is O=CCC=Cc1ccc2n[nH]nc2c1. The van der Waals surface area contributed by atoms with E-state index in [-0.39, 0.29) is 0 Å². The second-order valence-corrected chi connectivity index (χ2v) is 2.88. The quantitative estimate of drug-likeness (QED) is 0.742. The number of rotatable bonds is 3. The molecule has 0 bridgehead atoms. The van der Waals surface area contributed by atoms with Crippen LogP contribution in [0.5, 0.6) is 0 Å². The number of allylic oxidation sites excluding steroid dienone is 1. The summed E-state index contributed by atoms with van der Waals surface area (Å²) in [6.45, 7) is 0. The predicted octanol–water partition coefficient (Wildman–Crippen LogP) is 1.56. The Morgan fingerprint density at radius 2 is 2.14 bits per heavy atom. The normalized spacial score (nSPS) is 11.1. The van der Waals surface area contributed by atoms with Crippen molar-refractivity contribution in [2.75, 3.05) is 0 Å². The van der Waals surface area contributed by atoms with E-state index >= 15 is 0 Å². The molecule has 0 saturated heterocycles. The Labute approximate surface area is 80.6 Å². The molecule has 0 saturated carbocycles. The van der Waals surface area contributed by atoms with Crippen LogP contribution < -0.4 is 0 Å². The van der Waals surface area contributed by atoms with Gasteiger partial charge in [-0.25, -0.2) is 0 Å². The lowest BCUT2D eigenvalue weighted by Gasteiger charge is -1.90. The summed E-state index contributed by atoms with van der Waals surface area (Å²) in [6, 6.07) is 5.74. The van der Waals surface area contributed by atoms with Gasteiger partial charge in [-0.2, -0.15) is 15.4 Å². The van der Waals surface area contributed by atoms with Gasteiger partial charge in [0.05, 0.1) is 0 Å². The summed E-state index contributed by atoms with van der Waals surface area (Å²) in [5, 5.41) is 10.5. The summed E-state index contributed by atoms with van der Waals surface area (Å²) < 4.78 is 0. The number of H-pyrrole nitrogens is 1. The van der Waals surface area contributed by atoms with E-state index in [9.17, 15) is 4.79 Å². The van der Waals surface area contributed by atoms with Crippen molar-refractivity contribution in [3.8, 4) is 0 Å². The number of nitrogens with zero attached hydrogens (tertiary/aromatic N) is 2. The molecule has 4 nitrogen and oxygen atoms in total. The van der Waals surface area contributed by atoms with Crippen LogP contribution in [0.4, 0.5) is 0 Å². The molecule has 14 heavy (non-hydrogen) atoms. The lowest BCUT2D eigenvalue weighted by Crippen LogP contribution is -1.74. The molecule has 0 fully saturated rings. The molecule has 1 aromatic carbocycles. The highest BCUT2D eigenvalue weighted by atomic mass is 16.1. The second kappa shape index (κ2) is 3.83. The summed E-state index contributed by atoms with van der Waals surface area (Å²) in [6.07, 6.45) is 5.01. The highest BCUT2D eigenvalue weighted by Gasteiger charge is 1.96.